The van der Waals surface area contributed by atoms with Crippen LogP contribution in [-0.2, 0) is 32.3 Å². The molecule has 0 aliphatic carbocycles. The van der Waals surface area contributed by atoms with Gasteiger partial charge in [0.2, 0.25) is 20.0 Å². The number of sulfonamides is 2. The molecule has 2 atom stereocenters. The number of aromatic nitrogens is 1. The topological polar surface area (TPSA) is 106 Å². The molecule has 1 N–H and O–H groups in total. The van der Waals surface area contributed by atoms with Crippen molar-refractivity contribution < 1.29 is 16.8 Å². The Balaban J connectivity index is 1.60. The first kappa shape index (κ1) is 20.1. The molecular formula is C19H23N3O5S2. The van der Waals surface area contributed by atoms with E-state index in [1.54, 1.807) is 41.0 Å². The van der Waals surface area contributed by atoms with E-state index >= 15 is 0 Å². The molecule has 1 aromatic carbocycles. The molecule has 0 unspecified atom stereocenters. The van der Waals surface area contributed by atoms with Crippen LogP contribution >= 0.6 is 0 Å². The van der Waals surface area contributed by atoms with Crippen LogP contribution in [0, 0.1) is 5.92 Å². The van der Waals surface area contributed by atoms with Gasteiger partial charge in [-0.25, -0.2) is 21.1 Å². The third kappa shape index (κ3) is 4.24. The van der Waals surface area contributed by atoms with E-state index < -0.39 is 20.0 Å². The molecule has 8 nitrogen and oxygen atoms in total. The molecule has 2 bridgehead atoms. The fraction of sp³-hybridized carbons (Fsp3) is 0.421. The van der Waals surface area contributed by atoms with Crippen LogP contribution in [0.3, 0.4) is 0 Å². The lowest BCUT2D eigenvalue weighted by Crippen LogP contribution is -2.49. The fourth-order valence-corrected chi connectivity index (χ4v) is 6.37. The van der Waals surface area contributed by atoms with Gasteiger partial charge in [0.05, 0.1) is 12.0 Å². The maximum absolute atomic E-state index is 13.0. The Bertz CT molecular complexity index is 1190. The van der Waals surface area contributed by atoms with Gasteiger partial charge in [0.15, 0.2) is 0 Å². The number of benzene rings is 1. The van der Waals surface area contributed by atoms with Crippen LogP contribution in [0.1, 0.15) is 23.6 Å². The van der Waals surface area contributed by atoms with Crippen molar-refractivity contribution in [2.75, 3.05) is 24.1 Å². The number of rotatable bonds is 5. The second-order valence-corrected chi connectivity index (χ2v) is 11.5. The maximum atomic E-state index is 13.0. The predicted molar refractivity (Wildman–Crippen MR) is 111 cm³/mol. The van der Waals surface area contributed by atoms with E-state index in [0.29, 0.717) is 25.2 Å². The first-order valence-corrected chi connectivity index (χ1v) is 12.9. The van der Waals surface area contributed by atoms with Crippen LogP contribution in [-0.4, -0.2) is 45.1 Å². The molecule has 2 aliphatic heterocycles. The van der Waals surface area contributed by atoms with Gasteiger partial charge in [-0.2, -0.15) is 0 Å². The van der Waals surface area contributed by atoms with Crippen molar-refractivity contribution >= 4 is 25.7 Å². The molecule has 1 aromatic heterocycles. The summed E-state index contributed by atoms with van der Waals surface area (Å²) in [4.78, 5) is 13.0. The van der Waals surface area contributed by atoms with Gasteiger partial charge in [-0.1, -0.05) is 30.3 Å². The van der Waals surface area contributed by atoms with E-state index in [4.69, 9.17) is 0 Å². The van der Waals surface area contributed by atoms with Crippen LogP contribution in [0.25, 0.3) is 0 Å². The summed E-state index contributed by atoms with van der Waals surface area (Å²) in [7, 11) is -7.02. The van der Waals surface area contributed by atoms with E-state index in [2.05, 4.69) is 4.72 Å². The lowest BCUT2D eigenvalue weighted by Gasteiger charge is -2.41. The summed E-state index contributed by atoms with van der Waals surface area (Å²) in [6, 6.07) is 12.0. The zero-order chi connectivity index (χ0) is 20.8. The number of nitrogens with zero attached hydrogens (tertiary/aromatic N) is 2. The molecule has 2 aliphatic rings. The second kappa shape index (κ2) is 7.26. The lowest BCUT2D eigenvalue weighted by atomic mass is 9.84. The first-order chi connectivity index (χ1) is 13.6. The summed E-state index contributed by atoms with van der Waals surface area (Å²) >= 11 is 0. The molecule has 2 aromatic rings. The molecule has 1 saturated heterocycles. The van der Waals surface area contributed by atoms with Crippen LogP contribution in [0.2, 0.25) is 0 Å². The fourth-order valence-electron chi connectivity index (χ4n) is 4.25. The maximum Gasteiger partial charge on any atom is 0.275 e. The van der Waals surface area contributed by atoms with E-state index in [0.717, 1.165) is 12.1 Å². The van der Waals surface area contributed by atoms with Crippen molar-refractivity contribution in [3.63, 3.8) is 0 Å². The van der Waals surface area contributed by atoms with Gasteiger partial charge in [0.25, 0.3) is 5.56 Å². The van der Waals surface area contributed by atoms with Crippen LogP contribution < -0.4 is 10.3 Å². The van der Waals surface area contributed by atoms with E-state index in [1.165, 1.54) is 16.6 Å². The number of anilines is 1. The minimum absolute atomic E-state index is 0.0182. The van der Waals surface area contributed by atoms with Crippen LogP contribution in [0.5, 0.6) is 0 Å². The molecule has 0 radical (unpaired) electrons. The van der Waals surface area contributed by atoms with Gasteiger partial charge in [-0.15, -0.1) is 0 Å². The van der Waals surface area contributed by atoms with Gasteiger partial charge in [0, 0.05) is 31.2 Å². The molecule has 0 spiro atoms. The van der Waals surface area contributed by atoms with E-state index in [-0.39, 0.29) is 28.8 Å². The average Bonchev–Trinajstić information content (AvgIpc) is 2.64. The minimum Gasteiger partial charge on any atom is -0.310 e. The van der Waals surface area contributed by atoms with Crippen LogP contribution in [0.15, 0.2) is 47.3 Å². The molecule has 4 rings (SSSR count). The third-order valence-electron chi connectivity index (χ3n) is 5.50. The highest BCUT2D eigenvalue weighted by Gasteiger charge is 2.38. The molecule has 3 heterocycles. The van der Waals surface area contributed by atoms with Gasteiger partial charge in [-0.3, -0.25) is 9.52 Å². The Hall–Kier alpha value is -2.17. The third-order valence-corrected chi connectivity index (χ3v) is 7.99. The number of fused-ring (bicyclic) bond motifs is 4. The summed E-state index contributed by atoms with van der Waals surface area (Å²) in [6.45, 7) is 1.10. The lowest BCUT2D eigenvalue weighted by molar-refractivity contribution is 0.187. The van der Waals surface area contributed by atoms with Gasteiger partial charge >= 0.3 is 0 Å². The number of piperidine rings is 1. The highest BCUT2D eigenvalue weighted by Crippen LogP contribution is 2.36. The Labute approximate surface area is 170 Å². The Morgan fingerprint density at radius 3 is 2.41 bits per heavy atom. The predicted octanol–water partition coefficient (Wildman–Crippen LogP) is 1.17. The van der Waals surface area contributed by atoms with Crippen molar-refractivity contribution in [2.24, 2.45) is 5.92 Å². The normalized spacial score (nSPS) is 22.1. The Kier molecular flexibility index (Phi) is 5.04. The number of pyridine rings is 1. The molecular weight excluding hydrogens is 414 g/mol. The highest BCUT2D eigenvalue weighted by atomic mass is 32.2. The van der Waals surface area contributed by atoms with Crippen LogP contribution in [0.4, 0.5) is 5.69 Å². The summed E-state index contributed by atoms with van der Waals surface area (Å²) < 4.78 is 54.4. The summed E-state index contributed by atoms with van der Waals surface area (Å²) in [5.41, 5.74) is 1.02. The average molecular weight is 438 g/mol. The van der Waals surface area contributed by atoms with E-state index in [1.807, 2.05) is 0 Å². The second-order valence-electron chi connectivity index (χ2n) is 7.81. The summed E-state index contributed by atoms with van der Waals surface area (Å²) in [6.07, 6.45) is 2.02. The molecule has 10 heteroatoms. The van der Waals surface area contributed by atoms with Crippen molar-refractivity contribution in [1.82, 2.24) is 8.87 Å². The molecule has 0 saturated carbocycles. The summed E-state index contributed by atoms with van der Waals surface area (Å²) in [5, 5.41) is 0. The Morgan fingerprint density at radius 2 is 1.72 bits per heavy atom. The summed E-state index contributed by atoms with van der Waals surface area (Å²) in [5.74, 6) is -0.256. The molecule has 29 heavy (non-hydrogen) atoms. The monoisotopic (exact) mass is 437 g/mol. The van der Waals surface area contributed by atoms with Gasteiger partial charge in [0.1, 0.15) is 5.69 Å². The van der Waals surface area contributed by atoms with E-state index in [9.17, 15) is 21.6 Å². The SMILES string of the molecule is CS(=O)(=O)N1C[C@H]2C[C@H](C1)c1ccc(NS(=O)(=O)Cc3ccccc3)c(=O)n1C2. The number of hydrogen-bond donors (Lipinski definition) is 1. The van der Waals surface area contributed by atoms with Crippen molar-refractivity contribution in [1.29, 1.82) is 0 Å². The standard InChI is InChI=1S/C19H23N3O5S2/c1-28(24,25)21-10-15-9-16(12-21)18-8-7-17(19(23)22(18)11-15)20-29(26,27)13-14-5-3-2-4-6-14/h2-8,15-16,20H,9-13H2,1H3/t15-,16-/m1/s1. The smallest absolute Gasteiger partial charge is 0.275 e. The highest BCUT2D eigenvalue weighted by molar-refractivity contribution is 7.91. The van der Waals surface area contributed by atoms with Crippen molar-refractivity contribution in [3.05, 3.63) is 64.1 Å². The number of nitrogens with one attached hydrogen (secondary N) is 1. The first-order valence-electron chi connectivity index (χ1n) is 9.36. The molecule has 156 valence electrons. The van der Waals surface area contributed by atoms with Gasteiger partial charge in [-0.05, 0) is 30.0 Å². The minimum atomic E-state index is -3.73. The largest absolute Gasteiger partial charge is 0.310 e. The zero-order valence-corrected chi connectivity index (χ0v) is 17.6. The quantitative estimate of drug-likeness (QED) is 0.756. The van der Waals surface area contributed by atoms with Gasteiger partial charge < -0.3 is 4.57 Å². The van der Waals surface area contributed by atoms with Crippen molar-refractivity contribution in [2.45, 2.75) is 24.6 Å². The molecule has 0 amide bonds. The Morgan fingerprint density at radius 1 is 1.00 bits per heavy atom. The molecule has 1 fully saturated rings. The zero-order valence-electron chi connectivity index (χ0n) is 16.0. The number of hydrogen-bond acceptors (Lipinski definition) is 5. The van der Waals surface area contributed by atoms with Crippen molar-refractivity contribution in [3.8, 4) is 0 Å².